The number of rotatable bonds is 5. The van der Waals surface area contributed by atoms with Crippen molar-refractivity contribution in [2.75, 3.05) is 6.54 Å². The van der Waals surface area contributed by atoms with E-state index in [-0.39, 0.29) is 18.7 Å². The number of amides is 1. The molecule has 0 unspecified atom stereocenters. The highest BCUT2D eigenvalue weighted by Crippen LogP contribution is 2.07. The van der Waals surface area contributed by atoms with E-state index in [2.05, 4.69) is 17.2 Å². The third-order valence-electron chi connectivity index (χ3n) is 3.08. The highest BCUT2D eigenvalue weighted by atomic mass is 19.1. The molecule has 0 fully saturated rings. The van der Waals surface area contributed by atoms with Crippen LogP contribution in [0.25, 0.3) is 0 Å². The Balaban J connectivity index is 1.73. The van der Waals surface area contributed by atoms with Gasteiger partial charge in [0.25, 0.3) is 0 Å². The first-order valence-corrected chi connectivity index (χ1v) is 7.37. The van der Waals surface area contributed by atoms with E-state index in [1.54, 1.807) is 0 Å². The number of aldehydes is 1. The van der Waals surface area contributed by atoms with Crippen molar-refractivity contribution >= 4 is 12.4 Å². The molecule has 0 atom stereocenters. The maximum absolute atomic E-state index is 13.5. The van der Waals surface area contributed by atoms with Gasteiger partial charge in [-0.1, -0.05) is 42.2 Å². The standard InChI is InChI=1S/C19H16FNO3/c20-18-10-9-16(13-22)12-17(18)8-4-5-11-21-19(23)24-14-15-6-2-1-3-7-15/h1-3,6-7,9-10,12-13H,5,11,14H2,(H,21,23). The van der Waals surface area contributed by atoms with Crippen molar-refractivity contribution < 1.29 is 18.7 Å². The molecule has 1 N–H and O–H groups in total. The van der Waals surface area contributed by atoms with Crippen molar-refractivity contribution in [1.29, 1.82) is 0 Å². The number of carbonyl (C=O) groups is 2. The number of halogens is 1. The number of benzene rings is 2. The molecule has 2 aromatic carbocycles. The van der Waals surface area contributed by atoms with Crippen molar-refractivity contribution in [2.24, 2.45) is 0 Å². The van der Waals surface area contributed by atoms with E-state index in [0.717, 1.165) is 5.56 Å². The van der Waals surface area contributed by atoms with Crippen molar-refractivity contribution in [3.8, 4) is 11.8 Å². The molecule has 24 heavy (non-hydrogen) atoms. The van der Waals surface area contributed by atoms with Gasteiger partial charge < -0.3 is 10.1 Å². The highest BCUT2D eigenvalue weighted by molar-refractivity contribution is 5.75. The maximum atomic E-state index is 13.5. The minimum atomic E-state index is -0.533. The summed E-state index contributed by atoms with van der Waals surface area (Å²) in [6, 6.07) is 13.3. The van der Waals surface area contributed by atoms with E-state index in [1.165, 1.54) is 18.2 Å². The summed E-state index contributed by atoms with van der Waals surface area (Å²) in [4.78, 5) is 22.2. The van der Waals surface area contributed by atoms with Gasteiger partial charge in [0.1, 0.15) is 18.7 Å². The fourth-order valence-electron chi connectivity index (χ4n) is 1.87. The molecule has 2 rings (SSSR count). The van der Waals surface area contributed by atoms with E-state index in [4.69, 9.17) is 4.74 Å². The number of hydrogen-bond acceptors (Lipinski definition) is 3. The van der Waals surface area contributed by atoms with Crippen molar-refractivity contribution in [1.82, 2.24) is 5.32 Å². The van der Waals surface area contributed by atoms with Crippen LogP contribution >= 0.6 is 0 Å². The highest BCUT2D eigenvalue weighted by Gasteiger charge is 2.02. The number of nitrogens with one attached hydrogen (secondary N) is 1. The third-order valence-corrected chi connectivity index (χ3v) is 3.08. The first-order valence-electron chi connectivity index (χ1n) is 7.37. The Hall–Kier alpha value is -3.13. The van der Waals surface area contributed by atoms with Crippen molar-refractivity contribution in [2.45, 2.75) is 13.0 Å². The Morgan fingerprint density at radius 1 is 1.21 bits per heavy atom. The van der Waals surface area contributed by atoms with Crippen LogP contribution in [0.15, 0.2) is 48.5 Å². The zero-order valence-corrected chi connectivity index (χ0v) is 12.9. The van der Waals surface area contributed by atoms with E-state index in [1.807, 2.05) is 30.3 Å². The second-order valence-corrected chi connectivity index (χ2v) is 4.90. The first kappa shape index (κ1) is 17.2. The Labute approximate surface area is 139 Å². The van der Waals surface area contributed by atoms with Gasteiger partial charge in [0.15, 0.2) is 0 Å². The van der Waals surface area contributed by atoms with Crippen LogP contribution in [0.1, 0.15) is 27.9 Å². The molecule has 122 valence electrons. The summed E-state index contributed by atoms with van der Waals surface area (Å²) in [6.45, 7) is 0.484. The Morgan fingerprint density at radius 3 is 2.75 bits per heavy atom. The minimum Gasteiger partial charge on any atom is -0.445 e. The zero-order valence-electron chi connectivity index (χ0n) is 12.9. The molecule has 2 aromatic rings. The molecule has 4 nitrogen and oxygen atoms in total. The number of ether oxygens (including phenoxy) is 1. The maximum Gasteiger partial charge on any atom is 0.407 e. The number of hydrogen-bond donors (Lipinski definition) is 1. The van der Waals surface area contributed by atoms with Crippen LogP contribution in [0.5, 0.6) is 0 Å². The van der Waals surface area contributed by atoms with Crippen molar-refractivity contribution in [3.63, 3.8) is 0 Å². The summed E-state index contributed by atoms with van der Waals surface area (Å²) in [7, 11) is 0. The molecule has 0 heterocycles. The summed E-state index contributed by atoms with van der Waals surface area (Å²) in [5.74, 6) is 4.91. The van der Waals surface area contributed by atoms with Gasteiger partial charge in [-0.15, -0.1) is 0 Å². The topological polar surface area (TPSA) is 55.4 Å². The van der Waals surface area contributed by atoms with Crippen LogP contribution < -0.4 is 5.32 Å². The predicted octanol–water partition coefficient (Wildman–Crippen LogP) is 3.31. The van der Waals surface area contributed by atoms with Crippen LogP contribution in [0, 0.1) is 17.7 Å². The number of alkyl carbamates (subject to hydrolysis) is 1. The molecule has 0 aliphatic heterocycles. The summed E-state index contributed by atoms with van der Waals surface area (Å²) in [6.07, 6.45) is 0.440. The summed E-state index contributed by atoms with van der Waals surface area (Å²) in [5.41, 5.74) is 1.42. The van der Waals surface area contributed by atoms with Gasteiger partial charge in [-0.2, -0.15) is 0 Å². The van der Waals surface area contributed by atoms with Gasteiger partial charge in [-0.25, -0.2) is 9.18 Å². The van der Waals surface area contributed by atoms with E-state index < -0.39 is 11.9 Å². The average Bonchev–Trinajstić information content (AvgIpc) is 2.62. The van der Waals surface area contributed by atoms with Crippen LogP contribution in [0.4, 0.5) is 9.18 Å². The zero-order chi connectivity index (χ0) is 17.2. The summed E-state index contributed by atoms with van der Waals surface area (Å²) >= 11 is 0. The molecular weight excluding hydrogens is 309 g/mol. The van der Waals surface area contributed by atoms with Crippen LogP contribution in [0.3, 0.4) is 0 Å². The minimum absolute atomic E-state index is 0.159. The van der Waals surface area contributed by atoms with E-state index in [0.29, 0.717) is 18.3 Å². The monoisotopic (exact) mass is 325 g/mol. The molecule has 0 radical (unpaired) electrons. The van der Waals surface area contributed by atoms with Gasteiger partial charge in [0.2, 0.25) is 0 Å². The molecule has 0 saturated carbocycles. The average molecular weight is 325 g/mol. The van der Waals surface area contributed by atoms with Gasteiger partial charge in [-0.3, -0.25) is 4.79 Å². The molecule has 0 aliphatic carbocycles. The lowest BCUT2D eigenvalue weighted by Gasteiger charge is -2.05. The Morgan fingerprint density at radius 2 is 2.00 bits per heavy atom. The SMILES string of the molecule is O=Cc1ccc(F)c(C#CCCNC(=O)OCc2ccccc2)c1. The van der Waals surface area contributed by atoms with E-state index >= 15 is 0 Å². The fourth-order valence-corrected chi connectivity index (χ4v) is 1.87. The number of carbonyl (C=O) groups excluding carboxylic acids is 2. The smallest absolute Gasteiger partial charge is 0.407 e. The fraction of sp³-hybridized carbons (Fsp3) is 0.158. The summed E-state index contributed by atoms with van der Waals surface area (Å²) in [5, 5.41) is 2.56. The largest absolute Gasteiger partial charge is 0.445 e. The Kier molecular flexibility index (Phi) is 6.54. The molecular formula is C19H16FNO3. The van der Waals surface area contributed by atoms with Gasteiger partial charge in [0, 0.05) is 18.5 Å². The molecule has 0 spiro atoms. The molecule has 0 bridgehead atoms. The summed E-state index contributed by atoms with van der Waals surface area (Å²) < 4.78 is 18.5. The van der Waals surface area contributed by atoms with Gasteiger partial charge in [0.05, 0.1) is 5.56 Å². The van der Waals surface area contributed by atoms with Crippen LogP contribution in [-0.2, 0) is 11.3 Å². The Bertz CT molecular complexity index is 763. The molecule has 0 aromatic heterocycles. The van der Waals surface area contributed by atoms with Crippen LogP contribution in [0.2, 0.25) is 0 Å². The van der Waals surface area contributed by atoms with Gasteiger partial charge in [-0.05, 0) is 23.8 Å². The van der Waals surface area contributed by atoms with Gasteiger partial charge >= 0.3 is 6.09 Å². The first-order chi connectivity index (χ1) is 11.7. The second kappa shape index (κ2) is 9.11. The quantitative estimate of drug-likeness (QED) is 0.521. The van der Waals surface area contributed by atoms with E-state index in [9.17, 15) is 14.0 Å². The third kappa shape index (κ3) is 5.58. The molecule has 5 heteroatoms. The normalized spacial score (nSPS) is 9.54. The molecule has 1 amide bonds. The predicted molar refractivity (Wildman–Crippen MR) is 87.9 cm³/mol. The second-order valence-electron chi connectivity index (χ2n) is 4.90. The lowest BCUT2D eigenvalue weighted by molar-refractivity contribution is 0.112. The molecule has 0 saturated heterocycles. The lowest BCUT2D eigenvalue weighted by Crippen LogP contribution is -2.24. The molecule has 0 aliphatic rings. The van der Waals surface area contributed by atoms with Crippen molar-refractivity contribution in [3.05, 3.63) is 71.0 Å². The lowest BCUT2D eigenvalue weighted by atomic mass is 10.1. The van der Waals surface area contributed by atoms with Crippen LogP contribution in [-0.4, -0.2) is 18.9 Å².